The van der Waals surface area contributed by atoms with Gasteiger partial charge in [-0.2, -0.15) is 0 Å². The topological polar surface area (TPSA) is 49.8 Å². The maximum atomic E-state index is 12.4. The number of likely N-dealkylation sites (tertiary alicyclic amines) is 1. The van der Waals surface area contributed by atoms with Gasteiger partial charge in [0.1, 0.15) is 9.54 Å². The van der Waals surface area contributed by atoms with E-state index in [1.165, 1.54) is 11.3 Å². The summed E-state index contributed by atoms with van der Waals surface area (Å²) < 4.78 is 5.97. The van der Waals surface area contributed by atoms with Crippen molar-refractivity contribution >= 4 is 33.2 Å². The Balaban J connectivity index is 2.26. The number of hydrogen-bond donors (Lipinski definition) is 1. The zero-order valence-corrected chi connectivity index (χ0v) is 13.0. The van der Waals surface area contributed by atoms with Crippen LogP contribution < -0.4 is 4.74 Å². The zero-order valence-electron chi connectivity index (χ0n) is 10.6. The third-order valence-corrected chi connectivity index (χ3v) is 5.24. The van der Waals surface area contributed by atoms with E-state index < -0.39 is 11.6 Å². The number of thiophene rings is 1. The third kappa shape index (κ3) is 2.17. The van der Waals surface area contributed by atoms with Gasteiger partial charge in [-0.05, 0) is 36.2 Å². The molecule has 1 aliphatic heterocycles. The number of carbonyl (C=O) groups is 1. The molecule has 0 radical (unpaired) electrons. The Kier molecular flexibility index (Phi) is 3.71. The molecule has 1 aliphatic rings. The SMILES string of the molecule is COc1cc(C(=O)N2CCC(O)C2(C)C)sc1Br. The Morgan fingerprint density at radius 1 is 1.67 bits per heavy atom. The average Bonchev–Trinajstić information content (AvgIpc) is 2.80. The summed E-state index contributed by atoms with van der Waals surface area (Å²) in [6.07, 6.45) is 0.161. The minimum absolute atomic E-state index is 0.0504. The average molecular weight is 334 g/mol. The summed E-state index contributed by atoms with van der Waals surface area (Å²) in [6, 6.07) is 1.73. The van der Waals surface area contributed by atoms with Crippen LogP contribution in [-0.2, 0) is 0 Å². The summed E-state index contributed by atoms with van der Waals surface area (Å²) in [6.45, 7) is 4.37. The van der Waals surface area contributed by atoms with Gasteiger partial charge in [0, 0.05) is 12.6 Å². The zero-order chi connectivity index (χ0) is 13.5. The first kappa shape index (κ1) is 13.8. The molecule has 1 saturated heterocycles. The van der Waals surface area contributed by atoms with E-state index in [2.05, 4.69) is 15.9 Å². The van der Waals surface area contributed by atoms with Gasteiger partial charge in [-0.15, -0.1) is 11.3 Å². The van der Waals surface area contributed by atoms with Gasteiger partial charge in [0.25, 0.3) is 5.91 Å². The number of rotatable bonds is 2. The fraction of sp³-hybridized carbons (Fsp3) is 0.583. The normalized spacial score (nSPS) is 22.3. The minimum Gasteiger partial charge on any atom is -0.495 e. The molecular formula is C12H16BrNO3S. The van der Waals surface area contributed by atoms with Gasteiger partial charge in [0.15, 0.2) is 0 Å². The molecular weight excluding hydrogens is 318 g/mol. The van der Waals surface area contributed by atoms with Crippen molar-refractivity contribution in [2.24, 2.45) is 0 Å². The lowest BCUT2D eigenvalue weighted by Crippen LogP contribution is -2.47. The lowest BCUT2D eigenvalue weighted by molar-refractivity contribution is 0.0398. The van der Waals surface area contributed by atoms with E-state index in [-0.39, 0.29) is 5.91 Å². The van der Waals surface area contributed by atoms with Crippen molar-refractivity contribution < 1.29 is 14.6 Å². The molecule has 4 nitrogen and oxygen atoms in total. The largest absolute Gasteiger partial charge is 0.495 e. The molecule has 0 saturated carbocycles. The monoisotopic (exact) mass is 333 g/mol. The van der Waals surface area contributed by atoms with Crippen LogP contribution in [0.5, 0.6) is 5.75 Å². The van der Waals surface area contributed by atoms with E-state index in [0.717, 1.165) is 3.79 Å². The van der Waals surface area contributed by atoms with E-state index in [9.17, 15) is 9.90 Å². The molecule has 18 heavy (non-hydrogen) atoms. The molecule has 1 unspecified atom stereocenters. The highest BCUT2D eigenvalue weighted by atomic mass is 79.9. The third-order valence-electron chi connectivity index (χ3n) is 3.47. The fourth-order valence-corrected chi connectivity index (χ4v) is 3.76. The van der Waals surface area contributed by atoms with Crippen LogP contribution in [0.15, 0.2) is 9.85 Å². The van der Waals surface area contributed by atoms with Crippen molar-refractivity contribution in [3.05, 3.63) is 14.7 Å². The molecule has 1 amide bonds. The summed E-state index contributed by atoms with van der Waals surface area (Å²) in [4.78, 5) is 14.8. The van der Waals surface area contributed by atoms with Crippen LogP contribution in [0.2, 0.25) is 0 Å². The first-order valence-electron chi connectivity index (χ1n) is 5.71. The number of hydrogen-bond acceptors (Lipinski definition) is 4. The quantitative estimate of drug-likeness (QED) is 0.904. The predicted molar refractivity (Wildman–Crippen MR) is 74.3 cm³/mol. The molecule has 0 bridgehead atoms. The molecule has 0 spiro atoms. The van der Waals surface area contributed by atoms with Gasteiger partial charge in [-0.3, -0.25) is 4.79 Å². The van der Waals surface area contributed by atoms with Crippen molar-refractivity contribution in [1.82, 2.24) is 4.90 Å². The molecule has 2 rings (SSSR count). The lowest BCUT2D eigenvalue weighted by Gasteiger charge is -2.33. The fourth-order valence-electron chi connectivity index (χ4n) is 2.17. The number of aliphatic hydroxyl groups is 1. The molecule has 0 aliphatic carbocycles. The van der Waals surface area contributed by atoms with Crippen molar-refractivity contribution in [3.63, 3.8) is 0 Å². The van der Waals surface area contributed by atoms with Crippen LogP contribution in [0.1, 0.15) is 29.9 Å². The second-order valence-electron chi connectivity index (χ2n) is 4.87. The van der Waals surface area contributed by atoms with Crippen LogP contribution in [0.4, 0.5) is 0 Å². The highest BCUT2D eigenvalue weighted by Crippen LogP contribution is 2.37. The van der Waals surface area contributed by atoms with Gasteiger partial charge in [0.05, 0.1) is 23.6 Å². The van der Waals surface area contributed by atoms with Crippen LogP contribution in [-0.4, -0.2) is 41.2 Å². The van der Waals surface area contributed by atoms with Crippen LogP contribution in [0.3, 0.4) is 0 Å². The molecule has 6 heteroatoms. The number of halogens is 1. The van der Waals surface area contributed by atoms with Gasteiger partial charge in [-0.25, -0.2) is 0 Å². The second kappa shape index (κ2) is 4.83. The van der Waals surface area contributed by atoms with E-state index >= 15 is 0 Å². The van der Waals surface area contributed by atoms with E-state index in [1.54, 1.807) is 18.1 Å². The maximum absolute atomic E-state index is 12.4. The van der Waals surface area contributed by atoms with Gasteiger partial charge >= 0.3 is 0 Å². The number of amides is 1. The summed E-state index contributed by atoms with van der Waals surface area (Å²) >= 11 is 4.72. The maximum Gasteiger partial charge on any atom is 0.264 e. The summed E-state index contributed by atoms with van der Waals surface area (Å²) in [5.74, 6) is 0.617. The van der Waals surface area contributed by atoms with Crippen molar-refractivity contribution in [2.45, 2.75) is 31.9 Å². The highest BCUT2D eigenvalue weighted by Gasteiger charge is 2.43. The minimum atomic E-state index is -0.513. The van der Waals surface area contributed by atoms with Gasteiger partial charge in [-0.1, -0.05) is 0 Å². The van der Waals surface area contributed by atoms with Crippen molar-refractivity contribution in [1.29, 1.82) is 0 Å². The molecule has 1 fully saturated rings. The van der Waals surface area contributed by atoms with Gasteiger partial charge in [0.2, 0.25) is 0 Å². The summed E-state index contributed by atoms with van der Waals surface area (Å²) in [5.41, 5.74) is -0.513. The van der Waals surface area contributed by atoms with Gasteiger partial charge < -0.3 is 14.7 Å². The highest BCUT2D eigenvalue weighted by molar-refractivity contribution is 9.11. The van der Waals surface area contributed by atoms with E-state index in [4.69, 9.17) is 4.74 Å². The molecule has 2 heterocycles. The van der Waals surface area contributed by atoms with E-state index in [1.807, 2.05) is 13.8 Å². The molecule has 1 aromatic heterocycles. The Bertz CT molecular complexity index is 472. The smallest absolute Gasteiger partial charge is 0.264 e. The molecule has 1 atom stereocenters. The Morgan fingerprint density at radius 3 is 2.78 bits per heavy atom. The molecule has 1 N–H and O–H groups in total. The lowest BCUT2D eigenvalue weighted by atomic mass is 9.99. The van der Waals surface area contributed by atoms with Crippen LogP contribution >= 0.6 is 27.3 Å². The predicted octanol–water partition coefficient (Wildman–Crippen LogP) is 2.50. The number of methoxy groups -OCH3 is 1. The Labute approximate surface area is 119 Å². The van der Waals surface area contributed by atoms with E-state index in [0.29, 0.717) is 23.6 Å². The summed E-state index contributed by atoms with van der Waals surface area (Å²) in [5, 5.41) is 9.90. The number of carbonyl (C=O) groups excluding carboxylic acids is 1. The molecule has 0 aromatic carbocycles. The Morgan fingerprint density at radius 2 is 2.33 bits per heavy atom. The Hall–Kier alpha value is -0.590. The van der Waals surface area contributed by atoms with Crippen molar-refractivity contribution in [3.8, 4) is 5.75 Å². The standard InChI is InChI=1S/C12H16BrNO3S/c1-12(2)9(15)4-5-14(12)11(16)8-6-7(17-3)10(13)18-8/h6,9,15H,4-5H2,1-3H3. The summed E-state index contributed by atoms with van der Waals surface area (Å²) in [7, 11) is 1.57. The van der Waals surface area contributed by atoms with Crippen LogP contribution in [0.25, 0.3) is 0 Å². The molecule has 1 aromatic rings. The molecule has 100 valence electrons. The first-order valence-corrected chi connectivity index (χ1v) is 7.32. The number of ether oxygens (including phenoxy) is 1. The number of nitrogens with zero attached hydrogens (tertiary/aromatic N) is 1. The van der Waals surface area contributed by atoms with Crippen LogP contribution in [0, 0.1) is 0 Å². The second-order valence-corrected chi connectivity index (χ2v) is 7.24. The first-order chi connectivity index (χ1) is 8.37. The van der Waals surface area contributed by atoms with Crippen molar-refractivity contribution in [2.75, 3.05) is 13.7 Å². The number of aliphatic hydroxyl groups excluding tert-OH is 1.